The number of rotatable bonds is 10. The topological polar surface area (TPSA) is 9.23 Å². The van der Waals surface area contributed by atoms with Gasteiger partial charge in [-0.3, -0.25) is 0 Å². The van der Waals surface area contributed by atoms with Gasteiger partial charge >= 0.3 is 0 Å². The molecule has 0 aromatic heterocycles. The van der Waals surface area contributed by atoms with Gasteiger partial charge in [-0.25, -0.2) is 0 Å². The van der Waals surface area contributed by atoms with E-state index in [9.17, 15) is 0 Å². The van der Waals surface area contributed by atoms with E-state index in [1.807, 2.05) is 0 Å². The van der Waals surface area contributed by atoms with E-state index in [4.69, 9.17) is 4.74 Å². The second kappa shape index (κ2) is 12.6. The zero-order chi connectivity index (χ0) is 19.6. The SMILES string of the molecule is CCCCCC1CCC(C2CCC(C3CCCC(OCCCC)C3)CC2)CC1. The Balaban J connectivity index is 1.33. The average molecular weight is 391 g/mol. The Labute approximate surface area is 176 Å². The fourth-order valence-electron chi connectivity index (χ4n) is 6.87. The number of unbranched alkanes of at least 4 members (excludes halogenated alkanes) is 3. The van der Waals surface area contributed by atoms with Gasteiger partial charge in [0.15, 0.2) is 0 Å². The fourth-order valence-corrected chi connectivity index (χ4v) is 6.87. The molecule has 3 aliphatic carbocycles. The first-order valence-corrected chi connectivity index (χ1v) is 13.4. The van der Waals surface area contributed by atoms with E-state index in [0.29, 0.717) is 6.10 Å². The van der Waals surface area contributed by atoms with E-state index >= 15 is 0 Å². The van der Waals surface area contributed by atoms with Crippen LogP contribution in [0.3, 0.4) is 0 Å². The van der Waals surface area contributed by atoms with Crippen LogP contribution < -0.4 is 0 Å². The van der Waals surface area contributed by atoms with Crippen LogP contribution in [-0.2, 0) is 4.74 Å². The lowest BCUT2D eigenvalue weighted by Crippen LogP contribution is -2.32. The van der Waals surface area contributed by atoms with Crippen molar-refractivity contribution in [1.29, 1.82) is 0 Å². The summed E-state index contributed by atoms with van der Waals surface area (Å²) in [5.41, 5.74) is 0. The lowest BCUT2D eigenvalue weighted by atomic mass is 9.65. The highest BCUT2D eigenvalue weighted by Crippen LogP contribution is 2.46. The van der Waals surface area contributed by atoms with Crippen LogP contribution in [0, 0.1) is 29.6 Å². The molecule has 0 amide bonds. The van der Waals surface area contributed by atoms with Crippen molar-refractivity contribution < 1.29 is 4.74 Å². The van der Waals surface area contributed by atoms with Crippen molar-refractivity contribution in [2.24, 2.45) is 29.6 Å². The second-order valence-electron chi connectivity index (χ2n) is 10.7. The summed E-state index contributed by atoms with van der Waals surface area (Å²) in [6.07, 6.45) is 26.9. The summed E-state index contributed by atoms with van der Waals surface area (Å²) in [6.45, 7) is 5.60. The number of hydrogen-bond acceptors (Lipinski definition) is 1. The van der Waals surface area contributed by atoms with Crippen molar-refractivity contribution >= 4 is 0 Å². The summed E-state index contributed by atoms with van der Waals surface area (Å²) >= 11 is 0. The van der Waals surface area contributed by atoms with Gasteiger partial charge in [-0.15, -0.1) is 0 Å². The van der Waals surface area contributed by atoms with Crippen molar-refractivity contribution in [2.75, 3.05) is 6.61 Å². The van der Waals surface area contributed by atoms with Gasteiger partial charge in [-0.1, -0.05) is 65.2 Å². The van der Waals surface area contributed by atoms with Crippen LogP contribution in [0.4, 0.5) is 0 Å². The molecule has 0 aromatic rings. The molecule has 0 saturated heterocycles. The predicted molar refractivity (Wildman–Crippen MR) is 122 cm³/mol. The van der Waals surface area contributed by atoms with Gasteiger partial charge in [-0.2, -0.15) is 0 Å². The molecule has 0 aromatic carbocycles. The molecule has 2 unspecified atom stereocenters. The minimum absolute atomic E-state index is 0.589. The lowest BCUT2D eigenvalue weighted by Gasteiger charge is -2.41. The molecule has 0 radical (unpaired) electrons. The van der Waals surface area contributed by atoms with Crippen LogP contribution in [0.2, 0.25) is 0 Å². The van der Waals surface area contributed by atoms with Crippen LogP contribution in [-0.4, -0.2) is 12.7 Å². The van der Waals surface area contributed by atoms with E-state index in [2.05, 4.69) is 13.8 Å². The smallest absolute Gasteiger partial charge is 0.0577 e. The Morgan fingerprint density at radius 1 is 0.607 bits per heavy atom. The van der Waals surface area contributed by atoms with Gasteiger partial charge in [-0.05, 0) is 93.8 Å². The highest BCUT2D eigenvalue weighted by Gasteiger charge is 2.35. The van der Waals surface area contributed by atoms with E-state index in [0.717, 1.165) is 36.2 Å². The molecule has 1 heteroatoms. The highest BCUT2D eigenvalue weighted by molar-refractivity contribution is 4.86. The molecular formula is C27H50O. The largest absolute Gasteiger partial charge is 0.378 e. The lowest BCUT2D eigenvalue weighted by molar-refractivity contribution is -0.00500. The first-order chi connectivity index (χ1) is 13.8. The van der Waals surface area contributed by atoms with Gasteiger partial charge < -0.3 is 4.74 Å². The van der Waals surface area contributed by atoms with Crippen molar-refractivity contribution in [3.63, 3.8) is 0 Å². The fraction of sp³-hybridized carbons (Fsp3) is 1.00. The Morgan fingerprint density at radius 2 is 1.21 bits per heavy atom. The molecule has 2 atom stereocenters. The normalized spacial score (nSPS) is 37.1. The molecule has 0 spiro atoms. The van der Waals surface area contributed by atoms with Gasteiger partial charge in [0.25, 0.3) is 0 Å². The van der Waals surface area contributed by atoms with Gasteiger partial charge in [0.05, 0.1) is 6.10 Å². The van der Waals surface area contributed by atoms with E-state index in [1.54, 1.807) is 38.5 Å². The zero-order valence-electron chi connectivity index (χ0n) is 19.3. The molecule has 3 fully saturated rings. The molecule has 3 aliphatic rings. The Hall–Kier alpha value is -0.0400. The molecule has 3 rings (SSSR count). The van der Waals surface area contributed by atoms with Crippen LogP contribution in [0.15, 0.2) is 0 Å². The predicted octanol–water partition coefficient (Wildman–Crippen LogP) is 8.56. The first-order valence-electron chi connectivity index (χ1n) is 13.4. The van der Waals surface area contributed by atoms with Gasteiger partial charge in [0.1, 0.15) is 0 Å². The van der Waals surface area contributed by atoms with Crippen molar-refractivity contribution in [3.05, 3.63) is 0 Å². The maximum atomic E-state index is 6.21. The Bertz CT molecular complexity index is 389. The van der Waals surface area contributed by atoms with Crippen LogP contribution >= 0.6 is 0 Å². The summed E-state index contributed by atoms with van der Waals surface area (Å²) in [7, 11) is 0. The number of ether oxygens (including phenoxy) is 1. The second-order valence-corrected chi connectivity index (χ2v) is 10.7. The molecule has 3 saturated carbocycles. The maximum absolute atomic E-state index is 6.21. The monoisotopic (exact) mass is 390 g/mol. The summed E-state index contributed by atoms with van der Waals surface area (Å²) in [4.78, 5) is 0. The molecule has 1 nitrogen and oxygen atoms in total. The van der Waals surface area contributed by atoms with Crippen LogP contribution in [0.25, 0.3) is 0 Å². The van der Waals surface area contributed by atoms with Crippen LogP contribution in [0.5, 0.6) is 0 Å². The Kier molecular flexibility index (Phi) is 10.2. The minimum Gasteiger partial charge on any atom is -0.378 e. The highest BCUT2D eigenvalue weighted by atomic mass is 16.5. The molecular weight excluding hydrogens is 340 g/mol. The van der Waals surface area contributed by atoms with Crippen molar-refractivity contribution in [1.82, 2.24) is 0 Å². The summed E-state index contributed by atoms with van der Waals surface area (Å²) in [5.74, 6) is 5.24. The molecule has 164 valence electrons. The third-order valence-electron chi connectivity index (χ3n) is 8.78. The quantitative estimate of drug-likeness (QED) is 0.339. The molecule has 0 heterocycles. The van der Waals surface area contributed by atoms with E-state index in [-0.39, 0.29) is 0 Å². The third-order valence-corrected chi connectivity index (χ3v) is 8.78. The van der Waals surface area contributed by atoms with Crippen molar-refractivity contribution in [2.45, 2.75) is 136 Å². The Morgan fingerprint density at radius 3 is 1.86 bits per heavy atom. The minimum atomic E-state index is 0.589. The van der Waals surface area contributed by atoms with E-state index in [1.165, 1.54) is 77.0 Å². The molecule has 0 aliphatic heterocycles. The summed E-state index contributed by atoms with van der Waals surface area (Å²) in [6, 6.07) is 0. The summed E-state index contributed by atoms with van der Waals surface area (Å²) in [5, 5.41) is 0. The van der Waals surface area contributed by atoms with Crippen LogP contribution in [0.1, 0.15) is 129 Å². The molecule has 0 N–H and O–H groups in total. The third kappa shape index (κ3) is 7.03. The van der Waals surface area contributed by atoms with Crippen molar-refractivity contribution in [3.8, 4) is 0 Å². The maximum Gasteiger partial charge on any atom is 0.0577 e. The first kappa shape index (κ1) is 22.6. The zero-order valence-corrected chi connectivity index (χ0v) is 19.3. The average Bonchev–Trinajstić information content (AvgIpc) is 2.75. The standard InChI is InChI=1S/C27H50O/c1-3-5-7-9-22-12-14-23(15-13-22)24-16-18-25(19-17-24)26-10-8-11-27(21-26)28-20-6-4-2/h22-27H,3-21H2,1-2H3. The molecule has 0 bridgehead atoms. The molecule has 28 heavy (non-hydrogen) atoms. The van der Waals surface area contributed by atoms with Gasteiger partial charge in [0.2, 0.25) is 0 Å². The van der Waals surface area contributed by atoms with Gasteiger partial charge in [0, 0.05) is 6.61 Å². The van der Waals surface area contributed by atoms with E-state index < -0.39 is 0 Å². The summed E-state index contributed by atoms with van der Waals surface area (Å²) < 4.78 is 6.21. The number of hydrogen-bond donors (Lipinski definition) is 0.